The fraction of sp³-hybridized carbons (Fsp3) is 0.214. The van der Waals surface area contributed by atoms with Crippen molar-refractivity contribution in [1.82, 2.24) is 9.88 Å². The van der Waals surface area contributed by atoms with Gasteiger partial charge in [0, 0.05) is 10.9 Å². The minimum Gasteiger partial charge on any atom is -0.274 e. The zero-order chi connectivity index (χ0) is 14.1. The van der Waals surface area contributed by atoms with E-state index < -0.39 is 0 Å². The number of thiazole rings is 1. The molecule has 0 unspecified atom stereocenters. The lowest BCUT2D eigenvalue weighted by atomic mass is 9.99. The van der Waals surface area contributed by atoms with E-state index in [1.807, 2.05) is 17.5 Å². The summed E-state index contributed by atoms with van der Waals surface area (Å²) >= 11 is 7.12. The van der Waals surface area contributed by atoms with E-state index in [9.17, 15) is 9.59 Å². The van der Waals surface area contributed by atoms with Gasteiger partial charge in [-0.15, -0.1) is 22.9 Å². The van der Waals surface area contributed by atoms with Crippen LogP contribution in [-0.2, 0) is 23.6 Å². The van der Waals surface area contributed by atoms with Crippen molar-refractivity contribution in [2.45, 2.75) is 18.8 Å². The van der Waals surface area contributed by atoms with Gasteiger partial charge in [0.1, 0.15) is 5.01 Å². The lowest BCUT2D eigenvalue weighted by molar-refractivity contribution is -0.128. The molecule has 0 bridgehead atoms. The SMILES string of the molecule is O=C1Cc2ccccc2C(=O)N1Cc1nc(CCl)cs1. The average Bonchev–Trinajstić information content (AvgIpc) is 2.91. The number of alkyl halides is 1. The second-order valence-corrected chi connectivity index (χ2v) is 5.70. The van der Waals surface area contributed by atoms with Gasteiger partial charge in [-0.1, -0.05) is 18.2 Å². The number of carbonyl (C=O) groups is 2. The summed E-state index contributed by atoms with van der Waals surface area (Å²) < 4.78 is 0. The molecule has 0 radical (unpaired) electrons. The molecule has 3 rings (SSSR count). The Balaban J connectivity index is 1.87. The molecule has 6 heteroatoms. The molecule has 1 aliphatic heterocycles. The van der Waals surface area contributed by atoms with Gasteiger partial charge in [-0.25, -0.2) is 4.98 Å². The van der Waals surface area contributed by atoms with Crippen LogP contribution in [0.3, 0.4) is 0 Å². The summed E-state index contributed by atoms with van der Waals surface area (Å²) in [5.74, 6) is -0.0999. The van der Waals surface area contributed by atoms with Crippen LogP contribution >= 0.6 is 22.9 Å². The molecule has 102 valence electrons. The van der Waals surface area contributed by atoms with E-state index in [4.69, 9.17) is 11.6 Å². The largest absolute Gasteiger partial charge is 0.274 e. The Morgan fingerprint density at radius 1 is 1.30 bits per heavy atom. The van der Waals surface area contributed by atoms with Crippen LogP contribution < -0.4 is 0 Å². The van der Waals surface area contributed by atoms with Gasteiger partial charge < -0.3 is 0 Å². The second kappa shape index (κ2) is 5.34. The minimum atomic E-state index is -0.250. The Bertz CT molecular complexity index is 683. The van der Waals surface area contributed by atoms with Crippen LogP contribution in [0.15, 0.2) is 29.6 Å². The molecular weight excluding hydrogens is 296 g/mol. The lowest BCUT2D eigenvalue weighted by Gasteiger charge is -2.25. The van der Waals surface area contributed by atoms with Gasteiger partial charge in [0.25, 0.3) is 5.91 Å². The van der Waals surface area contributed by atoms with E-state index in [-0.39, 0.29) is 24.8 Å². The molecule has 0 aliphatic carbocycles. The van der Waals surface area contributed by atoms with Crippen LogP contribution in [0.5, 0.6) is 0 Å². The molecule has 1 aromatic heterocycles. The number of aromatic nitrogens is 1. The topological polar surface area (TPSA) is 50.3 Å². The molecule has 0 N–H and O–H groups in total. The maximum absolute atomic E-state index is 12.4. The van der Waals surface area contributed by atoms with Gasteiger partial charge in [0.2, 0.25) is 5.91 Å². The molecule has 2 aromatic rings. The number of fused-ring (bicyclic) bond motifs is 1. The van der Waals surface area contributed by atoms with Gasteiger partial charge >= 0.3 is 0 Å². The monoisotopic (exact) mass is 306 g/mol. The van der Waals surface area contributed by atoms with E-state index in [2.05, 4.69) is 4.98 Å². The number of carbonyl (C=O) groups excluding carboxylic acids is 2. The number of hydrogen-bond donors (Lipinski definition) is 0. The van der Waals surface area contributed by atoms with Crippen LogP contribution in [0.25, 0.3) is 0 Å². The van der Waals surface area contributed by atoms with E-state index in [1.54, 1.807) is 12.1 Å². The first-order valence-electron chi connectivity index (χ1n) is 6.11. The Hall–Kier alpha value is -1.72. The minimum absolute atomic E-state index is 0.184. The Morgan fingerprint density at radius 3 is 2.85 bits per heavy atom. The Morgan fingerprint density at radius 2 is 2.10 bits per heavy atom. The van der Waals surface area contributed by atoms with E-state index in [0.29, 0.717) is 11.4 Å². The highest BCUT2D eigenvalue weighted by Crippen LogP contribution is 2.22. The van der Waals surface area contributed by atoms with Gasteiger partial charge in [0.15, 0.2) is 0 Å². The van der Waals surface area contributed by atoms with Crippen LogP contribution in [0.1, 0.15) is 26.6 Å². The summed E-state index contributed by atoms with van der Waals surface area (Å²) in [6.45, 7) is 0.216. The quantitative estimate of drug-likeness (QED) is 0.647. The molecular formula is C14H11ClN2O2S. The second-order valence-electron chi connectivity index (χ2n) is 4.49. The summed E-state index contributed by atoms with van der Waals surface area (Å²) in [5.41, 5.74) is 2.16. The predicted octanol–water partition coefficient (Wildman–Crippen LogP) is 2.61. The molecule has 0 spiro atoms. The third-order valence-corrected chi connectivity index (χ3v) is 4.32. The fourth-order valence-electron chi connectivity index (χ4n) is 2.18. The molecule has 20 heavy (non-hydrogen) atoms. The summed E-state index contributed by atoms with van der Waals surface area (Å²) in [5, 5.41) is 2.57. The average molecular weight is 307 g/mol. The summed E-state index contributed by atoms with van der Waals surface area (Å²) in [7, 11) is 0. The van der Waals surface area contributed by atoms with Crippen molar-refractivity contribution in [2.24, 2.45) is 0 Å². The highest BCUT2D eigenvalue weighted by atomic mass is 35.5. The van der Waals surface area contributed by atoms with Crippen LogP contribution in [0.2, 0.25) is 0 Å². The number of amides is 2. The van der Waals surface area contributed by atoms with Crippen molar-refractivity contribution in [1.29, 1.82) is 0 Å². The molecule has 1 aromatic carbocycles. The first-order valence-corrected chi connectivity index (χ1v) is 7.52. The van der Waals surface area contributed by atoms with Crippen molar-refractivity contribution in [3.63, 3.8) is 0 Å². The van der Waals surface area contributed by atoms with E-state index >= 15 is 0 Å². The number of hydrogen-bond acceptors (Lipinski definition) is 4. The van der Waals surface area contributed by atoms with Gasteiger partial charge in [-0.05, 0) is 11.6 Å². The van der Waals surface area contributed by atoms with Crippen LogP contribution in [0, 0.1) is 0 Å². The normalized spacial score (nSPS) is 14.6. The predicted molar refractivity (Wildman–Crippen MR) is 76.7 cm³/mol. The fourth-order valence-corrected chi connectivity index (χ4v) is 3.19. The zero-order valence-electron chi connectivity index (χ0n) is 10.5. The van der Waals surface area contributed by atoms with Crippen molar-refractivity contribution >= 4 is 34.8 Å². The number of halogens is 1. The van der Waals surface area contributed by atoms with E-state index in [0.717, 1.165) is 16.3 Å². The summed E-state index contributed by atoms with van der Waals surface area (Å²) in [6, 6.07) is 7.21. The zero-order valence-corrected chi connectivity index (χ0v) is 12.1. The van der Waals surface area contributed by atoms with Crippen molar-refractivity contribution in [3.05, 3.63) is 51.5 Å². The smallest absolute Gasteiger partial charge is 0.261 e. The van der Waals surface area contributed by atoms with Crippen molar-refractivity contribution in [3.8, 4) is 0 Å². The maximum atomic E-state index is 12.4. The van der Waals surface area contributed by atoms with E-state index in [1.165, 1.54) is 16.2 Å². The third kappa shape index (κ3) is 2.34. The number of rotatable bonds is 3. The first-order chi connectivity index (χ1) is 9.69. The summed E-state index contributed by atoms with van der Waals surface area (Å²) in [4.78, 5) is 30.0. The molecule has 1 aliphatic rings. The molecule has 0 saturated heterocycles. The molecule has 0 fully saturated rings. The van der Waals surface area contributed by atoms with Crippen molar-refractivity contribution in [2.75, 3.05) is 0 Å². The number of benzene rings is 1. The number of nitrogens with zero attached hydrogens (tertiary/aromatic N) is 2. The van der Waals surface area contributed by atoms with Crippen LogP contribution in [-0.4, -0.2) is 21.7 Å². The maximum Gasteiger partial charge on any atom is 0.261 e. The molecule has 4 nitrogen and oxygen atoms in total. The highest BCUT2D eigenvalue weighted by molar-refractivity contribution is 7.09. The molecule has 2 amide bonds. The standard InChI is InChI=1S/C14H11ClN2O2S/c15-6-10-8-20-12(16-10)7-17-13(18)5-9-3-1-2-4-11(9)14(17)19/h1-4,8H,5-7H2. The Kier molecular flexibility index (Phi) is 3.54. The van der Waals surface area contributed by atoms with Crippen molar-refractivity contribution < 1.29 is 9.59 Å². The third-order valence-electron chi connectivity index (χ3n) is 3.17. The van der Waals surface area contributed by atoms with Gasteiger partial charge in [0.05, 0.1) is 24.5 Å². The molecule has 0 saturated carbocycles. The first kappa shape index (κ1) is 13.3. The van der Waals surface area contributed by atoms with Gasteiger partial charge in [-0.3, -0.25) is 14.5 Å². The number of imide groups is 1. The lowest BCUT2D eigenvalue weighted by Crippen LogP contribution is -2.41. The van der Waals surface area contributed by atoms with Crippen LogP contribution in [0.4, 0.5) is 0 Å². The Labute approximate surface area is 125 Å². The highest BCUT2D eigenvalue weighted by Gasteiger charge is 2.31. The molecule has 2 heterocycles. The summed E-state index contributed by atoms with van der Waals surface area (Å²) in [6.07, 6.45) is 0.260. The molecule has 0 atom stereocenters. The van der Waals surface area contributed by atoms with Gasteiger partial charge in [-0.2, -0.15) is 0 Å².